The first-order chi connectivity index (χ1) is 8.61. The molecule has 0 aliphatic carbocycles. The molecule has 0 saturated heterocycles. The van der Waals surface area contributed by atoms with E-state index in [-0.39, 0.29) is 10.8 Å². The van der Waals surface area contributed by atoms with E-state index in [1.807, 2.05) is 6.07 Å². The highest BCUT2D eigenvalue weighted by atomic mass is 79.9. The van der Waals surface area contributed by atoms with Crippen LogP contribution in [0.3, 0.4) is 0 Å². The summed E-state index contributed by atoms with van der Waals surface area (Å²) in [6.07, 6.45) is 0. The number of halogens is 3. The molecule has 0 heterocycles. The number of hydrogen-bond acceptors (Lipinski definition) is 2. The van der Waals surface area contributed by atoms with Crippen molar-refractivity contribution in [1.82, 2.24) is 0 Å². The molecule has 2 aromatic carbocycles. The smallest absolute Gasteiger partial charge is 0.145 e. The van der Waals surface area contributed by atoms with E-state index >= 15 is 0 Å². The summed E-state index contributed by atoms with van der Waals surface area (Å²) in [4.78, 5) is 0. The predicted molar refractivity (Wildman–Crippen MR) is 70.3 cm³/mol. The molecule has 5 heteroatoms. The van der Waals surface area contributed by atoms with Gasteiger partial charge in [0, 0.05) is 6.07 Å². The van der Waals surface area contributed by atoms with Crippen LogP contribution >= 0.6 is 27.5 Å². The third kappa shape index (κ3) is 2.63. The maximum atomic E-state index is 13.3. The van der Waals surface area contributed by atoms with Gasteiger partial charge >= 0.3 is 0 Å². The van der Waals surface area contributed by atoms with E-state index in [4.69, 9.17) is 21.6 Å². The second-order valence-corrected chi connectivity index (χ2v) is 4.67. The molecular formula is C13H6BrClFNO. The van der Waals surface area contributed by atoms with E-state index in [9.17, 15) is 4.39 Å². The van der Waals surface area contributed by atoms with Crippen LogP contribution in [0.25, 0.3) is 0 Å². The third-order valence-electron chi connectivity index (χ3n) is 2.20. The van der Waals surface area contributed by atoms with Crippen molar-refractivity contribution in [2.45, 2.75) is 0 Å². The summed E-state index contributed by atoms with van der Waals surface area (Å²) in [6, 6.07) is 11.3. The largest absolute Gasteiger partial charge is 0.455 e. The Balaban J connectivity index is 2.41. The predicted octanol–water partition coefficient (Wildman–Crippen LogP) is 4.91. The molecule has 0 radical (unpaired) electrons. The Bertz CT molecular complexity index is 639. The highest BCUT2D eigenvalue weighted by Gasteiger charge is 2.10. The lowest BCUT2D eigenvalue weighted by Crippen LogP contribution is -1.90. The van der Waals surface area contributed by atoms with Crippen LogP contribution < -0.4 is 4.74 Å². The maximum Gasteiger partial charge on any atom is 0.145 e. The summed E-state index contributed by atoms with van der Waals surface area (Å²) < 4.78 is 19.4. The molecule has 0 saturated carbocycles. The molecule has 0 aliphatic heterocycles. The summed E-state index contributed by atoms with van der Waals surface area (Å²) in [5.74, 6) is 0.0475. The van der Waals surface area contributed by atoms with Crippen molar-refractivity contribution in [2.24, 2.45) is 0 Å². The van der Waals surface area contributed by atoms with Crippen LogP contribution in [0.4, 0.5) is 4.39 Å². The number of hydrogen-bond donors (Lipinski definition) is 0. The monoisotopic (exact) mass is 325 g/mol. The highest BCUT2D eigenvalue weighted by molar-refractivity contribution is 9.10. The van der Waals surface area contributed by atoms with Gasteiger partial charge in [0.2, 0.25) is 0 Å². The van der Waals surface area contributed by atoms with Gasteiger partial charge < -0.3 is 4.74 Å². The van der Waals surface area contributed by atoms with Gasteiger partial charge in [-0.3, -0.25) is 0 Å². The quantitative estimate of drug-likeness (QED) is 0.735. The molecule has 18 heavy (non-hydrogen) atoms. The van der Waals surface area contributed by atoms with Crippen molar-refractivity contribution in [2.75, 3.05) is 0 Å². The van der Waals surface area contributed by atoms with Gasteiger partial charge in [-0.2, -0.15) is 5.26 Å². The molecule has 2 rings (SSSR count). The Hall–Kier alpha value is -1.57. The Morgan fingerprint density at radius 1 is 1.22 bits per heavy atom. The molecular weight excluding hydrogens is 321 g/mol. The van der Waals surface area contributed by atoms with Crippen molar-refractivity contribution in [3.05, 3.63) is 57.3 Å². The number of rotatable bonds is 2. The molecule has 0 bridgehead atoms. The van der Waals surface area contributed by atoms with E-state index in [0.29, 0.717) is 15.8 Å². The summed E-state index contributed by atoms with van der Waals surface area (Å²) in [6.45, 7) is 0. The summed E-state index contributed by atoms with van der Waals surface area (Å²) >= 11 is 8.86. The highest BCUT2D eigenvalue weighted by Crippen LogP contribution is 2.34. The Morgan fingerprint density at radius 3 is 2.67 bits per heavy atom. The minimum Gasteiger partial charge on any atom is -0.455 e. The fraction of sp³-hybridized carbons (Fsp3) is 0. The van der Waals surface area contributed by atoms with Gasteiger partial charge in [-0.1, -0.05) is 23.7 Å². The van der Waals surface area contributed by atoms with Crippen molar-refractivity contribution < 1.29 is 9.13 Å². The molecule has 0 unspecified atom stereocenters. The zero-order valence-electron chi connectivity index (χ0n) is 8.95. The van der Waals surface area contributed by atoms with Crippen LogP contribution in [0.2, 0.25) is 5.02 Å². The minimum absolute atomic E-state index is 0.00259. The topological polar surface area (TPSA) is 33.0 Å². The first kappa shape index (κ1) is 12.9. The van der Waals surface area contributed by atoms with Crippen LogP contribution in [0.15, 0.2) is 40.9 Å². The molecule has 2 aromatic rings. The van der Waals surface area contributed by atoms with Crippen molar-refractivity contribution >= 4 is 27.5 Å². The summed E-state index contributed by atoms with van der Waals surface area (Å²) in [7, 11) is 0. The number of nitrogens with zero attached hydrogens (tertiary/aromatic N) is 1. The van der Waals surface area contributed by atoms with Crippen LogP contribution in [0, 0.1) is 17.1 Å². The van der Waals surface area contributed by atoms with E-state index in [0.717, 1.165) is 0 Å². The van der Waals surface area contributed by atoms with Crippen molar-refractivity contribution in [3.8, 4) is 17.6 Å². The molecule has 0 aliphatic rings. The molecule has 2 nitrogen and oxygen atoms in total. The Morgan fingerprint density at radius 2 is 1.94 bits per heavy atom. The number of benzene rings is 2. The van der Waals surface area contributed by atoms with Crippen LogP contribution in [0.1, 0.15) is 5.56 Å². The van der Waals surface area contributed by atoms with E-state index in [1.54, 1.807) is 24.3 Å². The van der Waals surface area contributed by atoms with Gasteiger partial charge in [0.15, 0.2) is 0 Å². The molecule has 0 amide bonds. The lowest BCUT2D eigenvalue weighted by molar-refractivity contribution is 0.472. The van der Waals surface area contributed by atoms with Gasteiger partial charge in [-0.05, 0) is 34.1 Å². The lowest BCUT2D eigenvalue weighted by Gasteiger charge is -2.09. The van der Waals surface area contributed by atoms with Gasteiger partial charge in [-0.25, -0.2) is 4.39 Å². The SMILES string of the molecule is N#Cc1ccccc1Oc1cc(F)c(Cl)cc1Br. The van der Waals surface area contributed by atoms with Gasteiger partial charge in [0.25, 0.3) is 0 Å². The molecule has 0 fully saturated rings. The van der Waals surface area contributed by atoms with E-state index in [2.05, 4.69) is 15.9 Å². The normalized spacial score (nSPS) is 9.89. The van der Waals surface area contributed by atoms with Crippen LogP contribution in [0.5, 0.6) is 11.5 Å². The number of nitriles is 1. The second-order valence-electron chi connectivity index (χ2n) is 3.41. The number of ether oxygens (including phenoxy) is 1. The van der Waals surface area contributed by atoms with Gasteiger partial charge in [0.05, 0.1) is 15.1 Å². The molecule has 0 N–H and O–H groups in total. The second kappa shape index (κ2) is 5.38. The van der Waals surface area contributed by atoms with Crippen molar-refractivity contribution in [1.29, 1.82) is 5.26 Å². The third-order valence-corrected chi connectivity index (χ3v) is 3.11. The number of para-hydroxylation sites is 1. The molecule has 90 valence electrons. The fourth-order valence-electron chi connectivity index (χ4n) is 1.35. The fourth-order valence-corrected chi connectivity index (χ4v) is 2.07. The zero-order chi connectivity index (χ0) is 13.1. The average molecular weight is 327 g/mol. The van der Waals surface area contributed by atoms with Crippen LogP contribution in [-0.4, -0.2) is 0 Å². The van der Waals surface area contributed by atoms with Crippen LogP contribution in [-0.2, 0) is 0 Å². The molecule has 0 aromatic heterocycles. The summed E-state index contributed by atoms with van der Waals surface area (Å²) in [5.41, 5.74) is 0.375. The zero-order valence-corrected chi connectivity index (χ0v) is 11.3. The van der Waals surface area contributed by atoms with E-state index in [1.165, 1.54) is 12.1 Å². The molecule has 0 atom stereocenters. The minimum atomic E-state index is -0.579. The van der Waals surface area contributed by atoms with Gasteiger partial charge in [-0.15, -0.1) is 0 Å². The lowest BCUT2D eigenvalue weighted by atomic mass is 10.2. The average Bonchev–Trinajstić information content (AvgIpc) is 2.36. The standard InChI is InChI=1S/C13H6BrClFNO/c14-9-5-10(15)11(16)6-13(9)18-12-4-2-1-3-8(12)7-17/h1-6H. The van der Waals surface area contributed by atoms with E-state index < -0.39 is 5.82 Å². The van der Waals surface area contributed by atoms with Crippen molar-refractivity contribution in [3.63, 3.8) is 0 Å². The van der Waals surface area contributed by atoms with Gasteiger partial charge in [0.1, 0.15) is 23.4 Å². The first-order valence-corrected chi connectivity index (χ1v) is 6.10. The maximum absolute atomic E-state index is 13.3. The Kier molecular flexibility index (Phi) is 3.85. The molecule has 0 spiro atoms. The summed E-state index contributed by atoms with van der Waals surface area (Å²) in [5, 5.41) is 8.93. The Labute approximate surface area is 117 Å². The first-order valence-electron chi connectivity index (χ1n) is 4.93.